The van der Waals surface area contributed by atoms with E-state index in [2.05, 4.69) is 35.8 Å². The molecule has 1 aromatic carbocycles. The molecule has 0 aliphatic rings. The first-order valence-electron chi connectivity index (χ1n) is 8.52. The molecule has 27 heavy (non-hydrogen) atoms. The second-order valence-corrected chi connectivity index (χ2v) is 7.35. The zero-order valence-corrected chi connectivity index (χ0v) is 15.7. The summed E-state index contributed by atoms with van der Waals surface area (Å²) in [6.07, 6.45) is -3.19. The second-order valence-electron chi connectivity index (χ2n) is 7.35. The number of halogens is 3. The summed E-state index contributed by atoms with van der Waals surface area (Å²) in [5.41, 5.74) is 2.18. The van der Waals surface area contributed by atoms with Gasteiger partial charge in [-0.2, -0.15) is 13.2 Å². The van der Waals surface area contributed by atoms with E-state index in [1.807, 2.05) is 12.1 Å². The molecule has 1 amide bonds. The van der Waals surface area contributed by atoms with Gasteiger partial charge in [0.1, 0.15) is 5.75 Å². The van der Waals surface area contributed by atoms with Crippen LogP contribution >= 0.6 is 0 Å². The molecule has 0 fully saturated rings. The molecule has 0 spiro atoms. The molecule has 7 heteroatoms. The van der Waals surface area contributed by atoms with Crippen LogP contribution in [0.5, 0.6) is 5.75 Å². The summed E-state index contributed by atoms with van der Waals surface area (Å²) in [5.74, 6) is -0.227. The number of carbonyl (C=O) groups is 1. The van der Waals surface area contributed by atoms with Crippen molar-refractivity contribution in [2.24, 2.45) is 0 Å². The predicted octanol–water partition coefficient (Wildman–Crippen LogP) is 4.81. The minimum atomic E-state index is -4.40. The molecule has 0 aliphatic carbocycles. The molecule has 4 nitrogen and oxygen atoms in total. The molecule has 1 N–H and O–H groups in total. The molecule has 1 unspecified atom stereocenters. The minimum Gasteiger partial charge on any atom is -0.483 e. The lowest BCUT2D eigenvalue weighted by molar-refractivity contribution is -0.153. The molecular formula is C20H23F3N2O2. The number of carbonyl (C=O) groups excluding carboxylic acids is 1. The highest BCUT2D eigenvalue weighted by atomic mass is 19.4. The first-order valence-corrected chi connectivity index (χ1v) is 8.52. The third-order valence-electron chi connectivity index (χ3n) is 3.97. The van der Waals surface area contributed by atoms with Gasteiger partial charge in [-0.1, -0.05) is 32.9 Å². The van der Waals surface area contributed by atoms with E-state index in [-0.39, 0.29) is 17.1 Å². The van der Waals surface area contributed by atoms with Crippen LogP contribution in [0.15, 0.2) is 42.6 Å². The average Bonchev–Trinajstić information content (AvgIpc) is 2.59. The summed E-state index contributed by atoms with van der Waals surface area (Å²) in [5, 5.41) is 2.82. The first kappa shape index (κ1) is 20.7. The van der Waals surface area contributed by atoms with Gasteiger partial charge in [0.2, 0.25) is 0 Å². The molecule has 0 bridgehead atoms. The number of rotatable bonds is 5. The van der Waals surface area contributed by atoms with Gasteiger partial charge in [0, 0.05) is 5.56 Å². The van der Waals surface area contributed by atoms with Crippen molar-refractivity contribution in [2.45, 2.75) is 45.3 Å². The van der Waals surface area contributed by atoms with Crippen LogP contribution in [0.2, 0.25) is 0 Å². The maximum atomic E-state index is 12.4. The van der Waals surface area contributed by atoms with Gasteiger partial charge in [0.05, 0.1) is 17.9 Å². The van der Waals surface area contributed by atoms with E-state index < -0.39 is 18.8 Å². The number of alkyl halides is 3. The molecule has 146 valence electrons. The van der Waals surface area contributed by atoms with Crippen LogP contribution in [-0.2, 0) is 5.41 Å². The lowest BCUT2D eigenvalue weighted by Crippen LogP contribution is -2.27. The second kappa shape index (κ2) is 7.98. The van der Waals surface area contributed by atoms with E-state index >= 15 is 0 Å². The highest BCUT2D eigenvalue weighted by Gasteiger charge is 2.28. The van der Waals surface area contributed by atoms with Crippen LogP contribution in [-0.4, -0.2) is 23.7 Å². The Morgan fingerprint density at radius 1 is 1.11 bits per heavy atom. The first-order chi connectivity index (χ1) is 12.5. The smallest absolute Gasteiger partial charge is 0.422 e. The van der Waals surface area contributed by atoms with Crippen LogP contribution < -0.4 is 10.1 Å². The summed E-state index contributed by atoms with van der Waals surface area (Å²) in [7, 11) is 0. The number of nitrogens with one attached hydrogen (secondary N) is 1. The predicted molar refractivity (Wildman–Crippen MR) is 96.8 cm³/mol. The quantitative estimate of drug-likeness (QED) is 0.810. The number of amides is 1. The SMILES string of the molecule is CC(NC(=O)c1ccc(C(C)(C)C)cc1)c1ccc(OCC(F)(F)F)cn1. The van der Waals surface area contributed by atoms with Crippen molar-refractivity contribution in [1.82, 2.24) is 10.3 Å². The Hall–Kier alpha value is -2.57. The molecule has 0 aliphatic heterocycles. The van der Waals surface area contributed by atoms with E-state index in [0.717, 1.165) is 5.56 Å². The van der Waals surface area contributed by atoms with Gasteiger partial charge >= 0.3 is 6.18 Å². The molecule has 1 heterocycles. The lowest BCUT2D eigenvalue weighted by atomic mass is 9.86. The monoisotopic (exact) mass is 380 g/mol. The summed E-state index contributed by atoms with van der Waals surface area (Å²) < 4.78 is 41.1. The summed E-state index contributed by atoms with van der Waals surface area (Å²) in [6, 6.07) is 9.90. The molecule has 0 saturated heterocycles. The van der Waals surface area contributed by atoms with E-state index in [9.17, 15) is 18.0 Å². The molecule has 1 aromatic heterocycles. The largest absolute Gasteiger partial charge is 0.483 e. The Labute approximate surface area is 156 Å². The third kappa shape index (κ3) is 6.27. The van der Waals surface area contributed by atoms with Crippen LogP contribution in [0.3, 0.4) is 0 Å². The maximum absolute atomic E-state index is 12.4. The fourth-order valence-corrected chi connectivity index (χ4v) is 2.37. The fraction of sp³-hybridized carbons (Fsp3) is 0.400. The van der Waals surface area contributed by atoms with E-state index in [1.54, 1.807) is 19.1 Å². The van der Waals surface area contributed by atoms with Crippen LogP contribution in [0, 0.1) is 0 Å². The maximum Gasteiger partial charge on any atom is 0.422 e. The van der Waals surface area contributed by atoms with Crippen molar-refractivity contribution in [3.05, 3.63) is 59.4 Å². The average molecular weight is 380 g/mol. The molecule has 2 aromatic rings. The van der Waals surface area contributed by atoms with Crippen molar-refractivity contribution in [3.63, 3.8) is 0 Å². The van der Waals surface area contributed by atoms with Crippen LogP contribution in [0.4, 0.5) is 13.2 Å². The number of pyridine rings is 1. The van der Waals surface area contributed by atoms with Gasteiger partial charge in [-0.25, -0.2) is 0 Å². The Morgan fingerprint density at radius 3 is 2.22 bits per heavy atom. The topological polar surface area (TPSA) is 51.2 Å². The van der Waals surface area contributed by atoms with Gasteiger partial charge in [-0.15, -0.1) is 0 Å². The standard InChI is InChI=1S/C20H23F3N2O2/c1-13(17-10-9-16(11-24-17)27-12-20(21,22)23)25-18(26)14-5-7-15(8-6-14)19(2,3)4/h5-11,13H,12H2,1-4H3,(H,25,26). The van der Waals surface area contributed by atoms with E-state index in [4.69, 9.17) is 0 Å². The molecule has 0 radical (unpaired) electrons. The molecule has 0 saturated carbocycles. The van der Waals surface area contributed by atoms with Crippen molar-refractivity contribution in [2.75, 3.05) is 6.61 Å². The zero-order chi connectivity index (χ0) is 20.2. The van der Waals surface area contributed by atoms with Crippen LogP contribution in [0.25, 0.3) is 0 Å². The summed E-state index contributed by atoms with van der Waals surface area (Å²) in [6.45, 7) is 6.67. The molecule has 1 atom stereocenters. The Bertz CT molecular complexity index is 764. The number of nitrogens with zero attached hydrogens (tertiary/aromatic N) is 1. The third-order valence-corrected chi connectivity index (χ3v) is 3.97. The molecular weight excluding hydrogens is 357 g/mol. The highest BCUT2D eigenvalue weighted by Crippen LogP contribution is 2.23. The lowest BCUT2D eigenvalue weighted by Gasteiger charge is -2.19. The van der Waals surface area contributed by atoms with Gasteiger partial charge in [0.15, 0.2) is 6.61 Å². The van der Waals surface area contributed by atoms with Gasteiger partial charge in [-0.3, -0.25) is 9.78 Å². The fourth-order valence-electron chi connectivity index (χ4n) is 2.37. The zero-order valence-electron chi connectivity index (χ0n) is 15.7. The van der Waals surface area contributed by atoms with Crippen molar-refractivity contribution in [1.29, 1.82) is 0 Å². The number of aromatic nitrogens is 1. The normalized spacial score (nSPS) is 13.1. The van der Waals surface area contributed by atoms with Crippen molar-refractivity contribution >= 4 is 5.91 Å². The van der Waals surface area contributed by atoms with Crippen molar-refractivity contribution in [3.8, 4) is 5.75 Å². The highest BCUT2D eigenvalue weighted by molar-refractivity contribution is 5.94. The Balaban J connectivity index is 1.97. The number of hydrogen-bond donors (Lipinski definition) is 1. The van der Waals surface area contributed by atoms with E-state index in [0.29, 0.717) is 11.3 Å². The van der Waals surface area contributed by atoms with Gasteiger partial charge in [-0.05, 0) is 42.2 Å². The van der Waals surface area contributed by atoms with E-state index in [1.165, 1.54) is 18.3 Å². The van der Waals surface area contributed by atoms with Crippen LogP contribution in [0.1, 0.15) is 55.4 Å². The minimum absolute atomic E-state index is 0.00213. The van der Waals surface area contributed by atoms with Gasteiger partial charge in [0.25, 0.3) is 5.91 Å². The Kier molecular flexibility index (Phi) is 6.13. The number of benzene rings is 1. The molecule has 2 rings (SSSR count). The Morgan fingerprint density at radius 2 is 1.74 bits per heavy atom. The summed E-state index contributed by atoms with van der Waals surface area (Å²) in [4.78, 5) is 16.4. The summed E-state index contributed by atoms with van der Waals surface area (Å²) >= 11 is 0. The number of ether oxygens (including phenoxy) is 1. The van der Waals surface area contributed by atoms with Gasteiger partial charge < -0.3 is 10.1 Å². The number of hydrogen-bond acceptors (Lipinski definition) is 3. The van der Waals surface area contributed by atoms with Crippen molar-refractivity contribution < 1.29 is 22.7 Å².